The molecule has 1 aromatic rings. The molecule has 130 valence electrons. The molecule has 0 unspecified atom stereocenters. The second-order valence-corrected chi connectivity index (χ2v) is 5.69. The van der Waals surface area contributed by atoms with Crippen molar-refractivity contribution in [3.8, 4) is 11.5 Å². The van der Waals surface area contributed by atoms with Crippen LogP contribution in [0, 0.1) is 0 Å². The summed E-state index contributed by atoms with van der Waals surface area (Å²) >= 11 is 0. The smallest absolute Gasteiger partial charge is 0.191 e. The van der Waals surface area contributed by atoms with Gasteiger partial charge in [0.25, 0.3) is 0 Å². The average molecular weight is 323 g/mol. The van der Waals surface area contributed by atoms with Crippen molar-refractivity contribution in [2.24, 2.45) is 4.99 Å². The Morgan fingerprint density at radius 1 is 1.13 bits per heavy atom. The number of rotatable bonds is 8. The summed E-state index contributed by atoms with van der Waals surface area (Å²) in [7, 11) is 4.98. The normalized spacial score (nSPS) is 12.0. The fourth-order valence-corrected chi connectivity index (χ4v) is 1.86. The third-order valence-electron chi connectivity index (χ3n) is 3.48. The van der Waals surface area contributed by atoms with Crippen molar-refractivity contribution < 1.29 is 14.2 Å². The topological polar surface area (TPSA) is 64.1 Å². The Morgan fingerprint density at radius 3 is 2.43 bits per heavy atom. The maximum Gasteiger partial charge on any atom is 0.191 e. The van der Waals surface area contributed by atoms with Crippen LogP contribution in [0.4, 0.5) is 0 Å². The van der Waals surface area contributed by atoms with Gasteiger partial charge < -0.3 is 24.8 Å². The molecule has 23 heavy (non-hydrogen) atoms. The Labute approximate surface area is 139 Å². The van der Waals surface area contributed by atoms with Crippen LogP contribution in [0.5, 0.6) is 11.5 Å². The summed E-state index contributed by atoms with van der Waals surface area (Å²) in [6, 6.07) is 5.73. The average Bonchev–Trinajstić information content (AvgIpc) is 2.57. The lowest BCUT2D eigenvalue weighted by Gasteiger charge is -2.24. The maximum absolute atomic E-state index is 5.41. The molecule has 0 aliphatic carbocycles. The third kappa shape index (κ3) is 6.36. The van der Waals surface area contributed by atoms with E-state index < -0.39 is 0 Å². The highest BCUT2D eigenvalue weighted by Crippen LogP contribution is 2.25. The van der Waals surface area contributed by atoms with Gasteiger partial charge in [0.1, 0.15) is 11.5 Å². The molecular formula is C17H29N3O3. The molecule has 0 bridgehead atoms. The molecule has 6 heteroatoms. The molecule has 0 atom stereocenters. The van der Waals surface area contributed by atoms with Crippen molar-refractivity contribution in [2.45, 2.75) is 32.9 Å². The lowest BCUT2D eigenvalue weighted by atomic mass is 10.1. The van der Waals surface area contributed by atoms with Crippen molar-refractivity contribution in [1.82, 2.24) is 10.6 Å². The zero-order valence-corrected chi connectivity index (χ0v) is 15.0. The molecule has 0 fully saturated rings. The van der Waals surface area contributed by atoms with Gasteiger partial charge in [-0.1, -0.05) is 0 Å². The molecule has 0 spiro atoms. The Balaban J connectivity index is 2.80. The summed E-state index contributed by atoms with van der Waals surface area (Å²) in [6.45, 7) is 8.04. The Hall–Kier alpha value is -1.95. The van der Waals surface area contributed by atoms with E-state index in [9.17, 15) is 0 Å². The minimum Gasteiger partial charge on any atom is -0.497 e. The molecule has 0 heterocycles. The van der Waals surface area contributed by atoms with Crippen LogP contribution >= 0.6 is 0 Å². The van der Waals surface area contributed by atoms with E-state index in [0.29, 0.717) is 13.1 Å². The van der Waals surface area contributed by atoms with Gasteiger partial charge in [0.15, 0.2) is 5.96 Å². The predicted molar refractivity (Wildman–Crippen MR) is 93.5 cm³/mol. The van der Waals surface area contributed by atoms with Crippen molar-refractivity contribution in [2.75, 3.05) is 34.4 Å². The van der Waals surface area contributed by atoms with Gasteiger partial charge in [-0.15, -0.1) is 0 Å². The molecule has 6 nitrogen and oxygen atoms in total. The van der Waals surface area contributed by atoms with E-state index >= 15 is 0 Å². The van der Waals surface area contributed by atoms with Gasteiger partial charge in [-0.25, -0.2) is 4.99 Å². The number of hydrogen-bond acceptors (Lipinski definition) is 4. The summed E-state index contributed by atoms with van der Waals surface area (Å²) in [4.78, 5) is 4.60. The molecule has 0 aliphatic rings. The number of aliphatic imine (C=N–C) groups is 1. The molecular weight excluding hydrogens is 294 g/mol. The van der Waals surface area contributed by atoms with E-state index in [1.54, 1.807) is 21.3 Å². The molecule has 1 rings (SSSR count). The van der Waals surface area contributed by atoms with Crippen LogP contribution in [0.3, 0.4) is 0 Å². The van der Waals surface area contributed by atoms with Crippen molar-refractivity contribution >= 4 is 5.96 Å². The first-order valence-corrected chi connectivity index (χ1v) is 7.74. The van der Waals surface area contributed by atoms with E-state index in [0.717, 1.165) is 29.6 Å². The highest BCUT2D eigenvalue weighted by atomic mass is 16.5. The first kappa shape index (κ1) is 19.1. The van der Waals surface area contributed by atoms with Crippen LogP contribution in [0.2, 0.25) is 0 Å². The molecule has 0 radical (unpaired) electrons. The van der Waals surface area contributed by atoms with E-state index in [-0.39, 0.29) is 5.60 Å². The third-order valence-corrected chi connectivity index (χ3v) is 3.48. The molecule has 0 aliphatic heterocycles. The number of hydrogen-bond donors (Lipinski definition) is 2. The zero-order chi connectivity index (χ0) is 17.3. The highest BCUT2D eigenvalue weighted by Gasteiger charge is 2.16. The first-order valence-electron chi connectivity index (χ1n) is 7.74. The van der Waals surface area contributed by atoms with E-state index in [2.05, 4.69) is 15.6 Å². The van der Waals surface area contributed by atoms with Crippen LogP contribution in [0.15, 0.2) is 23.2 Å². The number of nitrogens with zero attached hydrogens (tertiary/aromatic N) is 1. The Morgan fingerprint density at radius 2 is 1.87 bits per heavy atom. The fourth-order valence-electron chi connectivity index (χ4n) is 1.86. The number of benzene rings is 1. The van der Waals surface area contributed by atoms with Gasteiger partial charge in [-0.05, 0) is 32.9 Å². The van der Waals surface area contributed by atoms with Crippen LogP contribution < -0.4 is 20.1 Å². The zero-order valence-electron chi connectivity index (χ0n) is 15.0. The maximum atomic E-state index is 5.41. The van der Waals surface area contributed by atoms with Gasteiger partial charge in [-0.3, -0.25) is 0 Å². The van der Waals surface area contributed by atoms with Crippen molar-refractivity contribution in [3.05, 3.63) is 23.8 Å². The summed E-state index contributed by atoms with van der Waals surface area (Å²) in [5.74, 6) is 2.28. The van der Waals surface area contributed by atoms with Crippen LogP contribution in [0.1, 0.15) is 26.3 Å². The number of guanidine groups is 1. The number of ether oxygens (including phenoxy) is 3. The second-order valence-electron chi connectivity index (χ2n) is 5.69. The molecule has 0 saturated carbocycles. The summed E-state index contributed by atoms with van der Waals surface area (Å²) < 4.78 is 16.0. The second kappa shape index (κ2) is 9.25. The number of methoxy groups -OCH3 is 3. The van der Waals surface area contributed by atoms with Crippen molar-refractivity contribution in [1.29, 1.82) is 0 Å². The first-order chi connectivity index (χ1) is 11.0. The summed E-state index contributed by atoms with van der Waals surface area (Å²) in [5, 5.41) is 6.52. The summed E-state index contributed by atoms with van der Waals surface area (Å²) in [5.41, 5.74) is 0.741. The SMILES string of the molecule is CCNC(=NCc1ccc(OC)cc1OC)NCC(C)(C)OC. The fraction of sp³-hybridized carbons (Fsp3) is 0.588. The molecule has 0 amide bonds. The minimum absolute atomic E-state index is 0.256. The Bertz CT molecular complexity index is 516. The van der Waals surface area contributed by atoms with Gasteiger partial charge in [0.05, 0.1) is 26.4 Å². The minimum atomic E-state index is -0.256. The molecule has 1 aromatic carbocycles. The monoisotopic (exact) mass is 323 g/mol. The van der Waals surface area contributed by atoms with E-state index in [1.807, 2.05) is 39.0 Å². The number of nitrogens with one attached hydrogen (secondary N) is 2. The lowest BCUT2D eigenvalue weighted by Crippen LogP contribution is -2.45. The van der Waals surface area contributed by atoms with Crippen LogP contribution in [-0.2, 0) is 11.3 Å². The van der Waals surface area contributed by atoms with Gasteiger partial charge in [0.2, 0.25) is 0 Å². The largest absolute Gasteiger partial charge is 0.497 e. The summed E-state index contributed by atoms with van der Waals surface area (Å²) in [6.07, 6.45) is 0. The molecule has 0 aromatic heterocycles. The quantitative estimate of drug-likeness (QED) is 0.567. The van der Waals surface area contributed by atoms with Crippen LogP contribution in [0.25, 0.3) is 0 Å². The van der Waals surface area contributed by atoms with Gasteiger partial charge in [-0.2, -0.15) is 0 Å². The van der Waals surface area contributed by atoms with E-state index in [4.69, 9.17) is 14.2 Å². The van der Waals surface area contributed by atoms with E-state index in [1.165, 1.54) is 0 Å². The van der Waals surface area contributed by atoms with Gasteiger partial charge in [0, 0.05) is 31.8 Å². The highest BCUT2D eigenvalue weighted by molar-refractivity contribution is 5.79. The molecule has 2 N–H and O–H groups in total. The Kier molecular flexibility index (Phi) is 7.68. The van der Waals surface area contributed by atoms with Crippen LogP contribution in [-0.4, -0.2) is 46.0 Å². The van der Waals surface area contributed by atoms with Gasteiger partial charge >= 0.3 is 0 Å². The predicted octanol–water partition coefficient (Wildman–Crippen LogP) is 2.18. The molecule has 0 saturated heterocycles. The lowest BCUT2D eigenvalue weighted by molar-refractivity contribution is 0.0268. The van der Waals surface area contributed by atoms with Crippen molar-refractivity contribution in [3.63, 3.8) is 0 Å². The standard InChI is InChI=1S/C17H29N3O3/c1-7-18-16(20-12-17(2,3)23-6)19-11-13-8-9-14(21-4)10-15(13)22-5/h8-10H,7,11-12H2,1-6H3,(H2,18,19,20).